The Morgan fingerprint density at radius 2 is 1.59 bits per heavy atom. The normalized spacial score (nSPS) is 12.3. The second kappa shape index (κ2) is 7.03. The van der Waals surface area contributed by atoms with E-state index in [-0.39, 0.29) is 11.6 Å². The highest BCUT2D eigenvalue weighted by Gasteiger charge is 2.15. The summed E-state index contributed by atoms with van der Waals surface area (Å²) in [6, 6.07) is 23.2. The molecule has 3 aromatic carbocycles. The van der Waals surface area contributed by atoms with Gasteiger partial charge in [-0.3, -0.25) is 4.79 Å². The fraction of sp³-hybridized carbons (Fsp3) is 0.0870. The number of nitrogens with two attached hydrogens (primary N) is 1. The van der Waals surface area contributed by atoms with Crippen LogP contribution in [-0.4, -0.2) is 4.98 Å². The van der Waals surface area contributed by atoms with Gasteiger partial charge in [-0.1, -0.05) is 60.1 Å². The first kappa shape index (κ1) is 17.5. The first-order valence-corrected chi connectivity index (χ1v) is 9.15. The molecule has 4 rings (SSSR count). The van der Waals surface area contributed by atoms with E-state index in [0.29, 0.717) is 10.6 Å². The summed E-state index contributed by atoms with van der Waals surface area (Å²) in [6.45, 7) is 1.85. The summed E-state index contributed by atoms with van der Waals surface area (Å²) in [6.07, 6.45) is 0. The van der Waals surface area contributed by atoms with Crippen molar-refractivity contribution in [2.24, 2.45) is 5.73 Å². The molecular formula is C23H19ClN2O. The molecule has 0 amide bonds. The number of halogens is 1. The molecule has 1 unspecified atom stereocenters. The quantitative estimate of drug-likeness (QED) is 0.517. The topological polar surface area (TPSA) is 58.9 Å². The molecule has 0 saturated carbocycles. The highest BCUT2D eigenvalue weighted by molar-refractivity contribution is 6.30. The smallest absolute Gasteiger partial charge is 0.251 e. The van der Waals surface area contributed by atoms with Crippen LogP contribution in [0, 0.1) is 6.92 Å². The van der Waals surface area contributed by atoms with E-state index in [0.717, 1.165) is 33.2 Å². The maximum Gasteiger partial charge on any atom is 0.251 e. The molecule has 0 aliphatic heterocycles. The van der Waals surface area contributed by atoms with E-state index in [4.69, 9.17) is 17.3 Å². The summed E-state index contributed by atoms with van der Waals surface area (Å²) in [5, 5.41) is 1.67. The second-order valence-electron chi connectivity index (χ2n) is 6.65. The average molecular weight is 375 g/mol. The van der Waals surface area contributed by atoms with E-state index in [1.54, 1.807) is 0 Å². The molecule has 134 valence electrons. The van der Waals surface area contributed by atoms with E-state index in [2.05, 4.69) is 11.1 Å². The Morgan fingerprint density at radius 3 is 2.30 bits per heavy atom. The Hall–Kier alpha value is -2.88. The van der Waals surface area contributed by atoms with Gasteiger partial charge in [0.25, 0.3) is 5.56 Å². The van der Waals surface area contributed by atoms with Crippen LogP contribution in [0.15, 0.2) is 77.6 Å². The van der Waals surface area contributed by atoms with Crippen molar-refractivity contribution < 1.29 is 0 Å². The Morgan fingerprint density at radius 1 is 0.926 bits per heavy atom. The van der Waals surface area contributed by atoms with Crippen molar-refractivity contribution in [2.45, 2.75) is 13.0 Å². The van der Waals surface area contributed by atoms with Crippen LogP contribution >= 0.6 is 11.6 Å². The monoisotopic (exact) mass is 374 g/mol. The third-order valence-electron chi connectivity index (χ3n) is 4.93. The molecule has 4 heteroatoms. The first-order chi connectivity index (χ1) is 13.0. The van der Waals surface area contributed by atoms with Gasteiger partial charge in [-0.15, -0.1) is 0 Å². The lowest BCUT2D eigenvalue weighted by molar-refractivity contribution is 0.873. The van der Waals surface area contributed by atoms with Crippen LogP contribution in [0.2, 0.25) is 5.02 Å². The summed E-state index contributed by atoms with van der Waals surface area (Å²) in [5.41, 5.74) is 11.9. The molecule has 1 heterocycles. The standard InChI is InChI=1S/C23H19ClN2O/c1-14-21(15-5-3-2-4-6-15)19-13-17(9-12-20(19)26-23(14)27)22(25)16-7-10-18(24)11-8-16/h2-13,22H,25H2,1H3,(H,26,27). The minimum Gasteiger partial charge on any atom is -0.322 e. The number of H-pyrrole nitrogens is 1. The van der Waals surface area contributed by atoms with Crippen molar-refractivity contribution in [2.75, 3.05) is 0 Å². The fourth-order valence-corrected chi connectivity index (χ4v) is 3.57. The van der Waals surface area contributed by atoms with Crippen molar-refractivity contribution in [3.05, 3.63) is 105 Å². The molecule has 0 fully saturated rings. The van der Waals surface area contributed by atoms with Crippen molar-refractivity contribution in [1.29, 1.82) is 0 Å². The minimum absolute atomic E-state index is 0.0731. The largest absolute Gasteiger partial charge is 0.322 e. The number of benzene rings is 3. The number of rotatable bonds is 3. The van der Waals surface area contributed by atoms with E-state index < -0.39 is 0 Å². The number of aromatic amines is 1. The summed E-state index contributed by atoms with van der Waals surface area (Å²) >= 11 is 5.99. The van der Waals surface area contributed by atoms with Gasteiger partial charge in [0.1, 0.15) is 0 Å². The van der Waals surface area contributed by atoms with Gasteiger partial charge in [0.2, 0.25) is 0 Å². The molecule has 0 aliphatic rings. The van der Waals surface area contributed by atoms with Crippen LogP contribution in [0.1, 0.15) is 22.7 Å². The van der Waals surface area contributed by atoms with Crippen molar-refractivity contribution in [3.8, 4) is 11.1 Å². The van der Waals surface area contributed by atoms with Crippen LogP contribution in [0.5, 0.6) is 0 Å². The first-order valence-electron chi connectivity index (χ1n) is 8.77. The number of nitrogens with one attached hydrogen (secondary N) is 1. The second-order valence-corrected chi connectivity index (χ2v) is 7.09. The maximum atomic E-state index is 12.4. The Kier molecular flexibility index (Phi) is 4.56. The minimum atomic E-state index is -0.275. The predicted octanol–water partition coefficient (Wildman–Crippen LogP) is 5.21. The van der Waals surface area contributed by atoms with Gasteiger partial charge in [0.15, 0.2) is 0 Å². The summed E-state index contributed by atoms with van der Waals surface area (Å²) in [7, 11) is 0. The van der Waals surface area contributed by atoms with Crippen LogP contribution in [0.3, 0.4) is 0 Å². The van der Waals surface area contributed by atoms with E-state index >= 15 is 0 Å². The molecule has 1 atom stereocenters. The predicted molar refractivity (Wildman–Crippen MR) is 112 cm³/mol. The number of hydrogen-bond acceptors (Lipinski definition) is 2. The number of aromatic nitrogens is 1. The highest BCUT2D eigenvalue weighted by Crippen LogP contribution is 2.32. The molecule has 27 heavy (non-hydrogen) atoms. The van der Waals surface area contributed by atoms with E-state index in [1.807, 2.05) is 73.7 Å². The van der Waals surface area contributed by atoms with Crippen molar-refractivity contribution >= 4 is 22.5 Å². The van der Waals surface area contributed by atoms with Crippen LogP contribution in [-0.2, 0) is 0 Å². The molecule has 0 saturated heterocycles. The van der Waals surface area contributed by atoms with Crippen LogP contribution in [0.4, 0.5) is 0 Å². The zero-order valence-electron chi connectivity index (χ0n) is 14.9. The van der Waals surface area contributed by atoms with Gasteiger partial charge in [-0.25, -0.2) is 0 Å². The van der Waals surface area contributed by atoms with Gasteiger partial charge in [-0.05, 0) is 53.4 Å². The lowest BCUT2D eigenvalue weighted by Crippen LogP contribution is -2.14. The molecule has 3 N–H and O–H groups in total. The van der Waals surface area contributed by atoms with Gasteiger partial charge in [0.05, 0.1) is 6.04 Å². The highest BCUT2D eigenvalue weighted by atomic mass is 35.5. The van der Waals surface area contributed by atoms with Crippen molar-refractivity contribution in [1.82, 2.24) is 4.98 Å². The average Bonchev–Trinajstić information content (AvgIpc) is 2.69. The number of pyridine rings is 1. The number of fused-ring (bicyclic) bond motifs is 1. The molecule has 0 radical (unpaired) electrons. The van der Waals surface area contributed by atoms with Gasteiger partial charge >= 0.3 is 0 Å². The van der Waals surface area contributed by atoms with E-state index in [1.165, 1.54) is 0 Å². The maximum absolute atomic E-state index is 12.4. The van der Waals surface area contributed by atoms with Crippen LogP contribution in [0.25, 0.3) is 22.0 Å². The molecule has 4 aromatic rings. The van der Waals surface area contributed by atoms with E-state index in [9.17, 15) is 4.79 Å². The molecule has 3 nitrogen and oxygen atoms in total. The van der Waals surface area contributed by atoms with Gasteiger partial charge < -0.3 is 10.7 Å². The Bertz CT molecular complexity index is 1160. The lowest BCUT2D eigenvalue weighted by atomic mass is 9.93. The zero-order chi connectivity index (χ0) is 19.0. The lowest BCUT2D eigenvalue weighted by Gasteiger charge is -2.16. The molecule has 0 aliphatic carbocycles. The van der Waals surface area contributed by atoms with Crippen LogP contribution < -0.4 is 11.3 Å². The third-order valence-corrected chi connectivity index (χ3v) is 5.18. The van der Waals surface area contributed by atoms with Gasteiger partial charge in [0, 0.05) is 21.5 Å². The Labute approximate surface area is 162 Å². The summed E-state index contributed by atoms with van der Waals surface area (Å²) < 4.78 is 0. The summed E-state index contributed by atoms with van der Waals surface area (Å²) in [5.74, 6) is 0. The third kappa shape index (κ3) is 3.27. The fourth-order valence-electron chi connectivity index (χ4n) is 3.44. The number of hydrogen-bond donors (Lipinski definition) is 2. The van der Waals surface area contributed by atoms with Crippen molar-refractivity contribution in [3.63, 3.8) is 0 Å². The molecule has 1 aromatic heterocycles. The molecule has 0 spiro atoms. The Balaban J connectivity index is 1.92. The SMILES string of the molecule is Cc1c(-c2ccccc2)c2cc(C(N)c3ccc(Cl)cc3)ccc2[nH]c1=O. The molecular weight excluding hydrogens is 356 g/mol. The molecule has 0 bridgehead atoms. The van der Waals surface area contributed by atoms with Gasteiger partial charge in [-0.2, -0.15) is 0 Å². The zero-order valence-corrected chi connectivity index (χ0v) is 15.6. The summed E-state index contributed by atoms with van der Waals surface area (Å²) in [4.78, 5) is 15.4.